The van der Waals surface area contributed by atoms with Crippen LogP contribution in [-0.4, -0.2) is 35.6 Å². The van der Waals surface area contributed by atoms with Crippen LogP contribution >= 0.6 is 0 Å². The molecule has 0 aromatic carbocycles. The van der Waals surface area contributed by atoms with Gasteiger partial charge in [0.2, 0.25) is 0 Å². The summed E-state index contributed by atoms with van der Waals surface area (Å²) in [7, 11) is 0. The Labute approximate surface area is 194 Å². The van der Waals surface area contributed by atoms with Crippen LogP contribution in [0.1, 0.15) is 93.8 Å². The first-order chi connectivity index (χ1) is 14.4. The molecule has 0 saturated heterocycles. The van der Waals surface area contributed by atoms with Gasteiger partial charge >= 0.3 is 0 Å². The van der Waals surface area contributed by atoms with Gasteiger partial charge in [-0.1, -0.05) is 39.5 Å². The Kier molecular flexibility index (Phi) is 10.3. The van der Waals surface area contributed by atoms with Crippen molar-refractivity contribution in [3.8, 4) is 0 Å². The summed E-state index contributed by atoms with van der Waals surface area (Å²) in [5, 5.41) is 0. The quantitative estimate of drug-likeness (QED) is 0.403. The Bertz CT molecular complexity index is 511. The van der Waals surface area contributed by atoms with Crippen LogP contribution in [0.25, 0.3) is 0 Å². The molecule has 4 N–H and O–H groups in total. The molecule has 0 aromatic heterocycles. The Morgan fingerprint density at radius 1 is 0.406 bits per heavy atom. The summed E-state index contributed by atoms with van der Waals surface area (Å²) in [6.07, 6.45) is 4.52. The second-order valence-corrected chi connectivity index (χ2v) is 11.6. The van der Waals surface area contributed by atoms with Gasteiger partial charge in [0.05, 0.1) is 0 Å². The average molecular weight is 471 g/mol. The maximum Gasteiger partial charge on any atom is 0.135 e. The first kappa shape index (κ1) is 27.9. The lowest BCUT2D eigenvalue weighted by atomic mass is 9.61. The van der Waals surface area contributed by atoms with Gasteiger partial charge in [-0.3, -0.25) is 0 Å². The average Bonchev–Trinajstić information content (AvgIpc) is 2.74. The number of hydrogen-bond acceptors (Lipinski definition) is 0. The zero-order chi connectivity index (χ0) is 21.4. The Hall–Kier alpha value is -0.360. The molecule has 4 saturated carbocycles. The predicted molar refractivity (Wildman–Crippen MR) is 126 cm³/mol. The molecular weight excluding hydrogens is 420 g/mol. The highest BCUT2D eigenvalue weighted by molar-refractivity contribution is 5.00. The molecule has 0 amide bonds. The first-order valence-corrected chi connectivity index (χ1v) is 12.9. The van der Waals surface area contributed by atoms with E-state index in [1.165, 1.54) is 0 Å². The first-order valence-electron chi connectivity index (χ1n) is 12.9. The van der Waals surface area contributed by atoms with Crippen LogP contribution in [0.15, 0.2) is 0 Å². The molecule has 0 aliphatic heterocycles. The van der Waals surface area contributed by atoms with Crippen LogP contribution < -0.4 is 0 Å². The molecule has 4 rings (SSSR count). The van der Waals surface area contributed by atoms with Crippen molar-refractivity contribution in [1.29, 1.82) is 0 Å². The molecule has 6 heteroatoms. The van der Waals surface area contributed by atoms with Gasteiger partial charge < -0.3 is 11.0 Å². The topological polar surface area (TPSA) is 63.0 Å². The van der Waals surface area contributed by atoms with Gasteiger partial charge in [0.15, 0.2) is 0 Å². The fourth-order valence-electron chi connectivity index (χ4n) is 7.67. The summed E-state index contributed by atoms with van der Waals surface area (Å²) in [4.78, 5) is 0. The van der Waals surface area contributed by atoms with Gasteiger partial charge in [0.1, 0.15) is 24.7 Å². The molecule has 0 heterocycles. The fourth-order valence-corrected chi connectivity index (χ4v) is 7.67. The standard InChI is InChI=1S/C26H42F4.2H2O.2H2/c1-15-3-7-17(8-4-15)19-11-13-21(25(29)23(19)27)22-14-12-20(24(28)26(22)30)18-9-5-16(2)6-10-18;;;;/h15-26H,3-14H2,1-2H3;2*1H2;2*1H. The van der Waals surface area contributed by atoms with E-state index in [9.17, 15) is 0 Å². The number of rotatable bonds is 3. The van der Waals surface area contributed by atoms with Crippen LogP contribution in [0.2, 0.25) is 0 Å². The van der Waals surface area contributed by atoms with Crippen LogP contribution in [0.3, 0.4) is 0 Å². The summed E-state index contributed by atoms with van der Waals surface area (Å²) in [5.74, 6) is 0.206. The minimum atomic E-state index is -1.62. The van der Waals surface area contributed by atoms with E-state index < -0.39 is 36.5 Å². The molecule has 4 aliphatic carbocycles. The SMILES string of the molecule is CC1CCC(C2CCC(C3CCC(C4CCC(C)CC4)C(F)C3F)C(F)C2F)CC1.O.O.[HH].[HH]. The minimum absolute atomic E-state index is 0. The van der Waals surface area contributed by atoms with Crippen LogP contribution in [0.4, 0.5) is 17.6 Å². The second kappa shape index (κ2) is 11.9. The van der Waals surface area contributed by atoms with Crippen molar-refractivity contribution in [3.63, 3.8) is 0 Å². The molecule has 8 atom stereocenters. The highest BCUT2D eigenvalue weighted by Crippen LogP contribution is 2.51. The third-order valence-electron chi connectivity index (χ3n) is 9.79. The van der Waals surface area contributed by atoms with Crippen molar-refractivity contribution >= 4 is 0 Å². The van der Waals surface area contributed by atoms with E-state index in [0.29, 0.717) is 37.5 Å². The van der Waals surface area contributed by atoms with E-state index in [2.05, 4.69) is 13.8 Å². The zero-order valence-electron chi connectivity index (χ0n) is 19.9. The van der Waals surface area contributed by atoms with E-state index in [-0.39, 0.29) is 37.5 Å². The van der Waals surface area contributed by atoms with Gasteiger partial charge in [-0.2, -0.15) is 0 Å². The van der Waals surface area contributed by atoms with Crippen molar-refractivity contribution < 1.29 is 31.4 Å². The van der Waals surface area contributed by atoms with Crippen LogP contribution in [0.5, 0.6) is 0 Å². The van der Waals surface area contributed by atoms with Crippen molar-refractivity contribution in [2.24, 2.45) is 47.3 Å². The molecule has 4 fully saturated rings. The van der Waals surface area contributed by atoms with Crippen LogP contribution in [-0.2, 0) is 0 Å². The van der Waals surface area contributed by atoms with Crippen molar-refractivity contribution in [2.45, 2.75) is 116 Å². The number of alkyl halides is 4. The lowest BCUT2D eigenvalue weighted by Crippen LogP contribution is -2.50. The van der Waals surface area contributed by atoms with Gasteiger partial charge in [-0.25, -0.2) is 17.6 Å². The Morgan fingerprint density at radius 3 is 0.969 bits per heavy atom. The lowest BCUT2D eigenvalue weighted by molar-refractivity contribution is -0.0815. The normalized spacial score (nSPS) is 50.1. The zero-order valence-corrected chi connectivity index (χ0v) is 19.9. The highest BCUT2D eigenvalue weighted by atomic mass is 19.2. The third kappa shape index (κ3) is 5.64. The number of hydrogen-bond donors (Lipinski definition) is 0. The van der Waals surface area contributed by atoms with E-state index >= 15 is 17.6 Å². The maximum atomic E-state index is 15.2. The smallest absolute Gasteiger partial charge is 0.135 e. The van der Waals surface area contributed by atoms with Crippen LogP contribution in [0, 0.1) is 47.3 Å². The van der Waals surface area contributed by atoms with Gasteiger partial charge in [-0.15, -0.1) is 0 Å². The van der Waals surface area contributed by atoms with Crippen molar-refractivity contribution in [3.05, 3.63) is 0 Å². The molecule has 4 aliphatic rings. The number of halogens is 4. The monoisotopic (exact) mass is 470 g/mol. The summed E-state index contributed by atoms with van der Waals surface area (Å²) in [6, 6.07) is 0. The molecule has 32 heavy (non-hydrogen) atoms. The summed E-state index contributed by atoms with van der Waals surface area (Å²) < 4.78 is 60.8. The van der Waals surface area contributed by atoms with E-state index in [1.807, 2.05) is 0 Å². The Balaban J connectivity index is 0.00000272. The molecule has 0 bridgehead atoms. The minimum Gasteiger partial charge on any atom is -0.412 e. The summed E-state index contributed by atoms with van der Waals surface area (Å²) in [6.45, 7) is 4.47. The molecule has 194 valence electrons. The third-order valence-corrected chi connectivity index (χ3v) is 9.79. The summed E-state index contributed by atoms with van der Waals surface area (Å²) in [5.41, 5.74) is 0. The van der Waals surface area contributed by atoms with Gasteiger partial charge in [0.25, 0.3) is 0 Å². The largest absolute Gasteiger partial charge is 0.412 e. The van der Waals surface area contributed by atoms with Crippen molar-refractivity contribution in [1.82, 2.24) is 0 Å². The molecule has 2 nitrogen and oxygen atoms in total. The fraction of sp³-hybridized carbons (Fsp3) is 1.00. The second-order valence-electron chi connectivity index (χ2n) is 11.6. The van der Waals surface area contributed by atoms with E-state index in [4.69, 9.17) is 0 Å². The Morgan fingerprint density at radius 2 is 0.656 bits per heavy atom. The molecular formula is C26H50F4O2. The predicted octanol–water partition coefficient (Wildman–Crippen LogP) is 6.89. The molecule has 8 unspecified atom stereocenters. The van der Waals surface area contributed by atoms with Crippen molar-refractivity contribution in [2.75, 3.05) is 0 Å². The maximum absolute atomic E-state index is 15.2. The molecule has 0 radical (unpaired) electrons. The van der Waals surface area contributed by atoms with E-state index in [1.54, 1.807) is 0 Å². The lowest BCUT2D eigenvalue weighted by Gasteiger charge is -2.47. The highest BCUT2D eigenvalue weighted by Gasteiger charge is 2.52. The van der Waals surface area contributed by atoms with E-state index in [0.717, 1.165) is 51.4 Å². The van der Waals surface area contributed by atoms with Gasteiger partial charge in [-0.05, 0) is 98.7 Å². The molecule has 0 spiro atoms. The summed E-state index contributed by atoms with van der Waals surface area (Å²) >= 11 is 0. The molecule has 0 aromatic rings. The van der Waals surface area contributed by atoms with Gasteiger partial charge in [0, 0.05) is 2.85 Å².